The van der Waals surface area contributed by atoms with Crippen LogP contribution in [0.2, 0.25) is 0 Å². The second kappa shape index (κ2) is 6.61. The minimum Gasteiger partial charge on any atom is -0.388 e. The first-order valence-corrected chi connectivity index (χ1v) is 9.20. The molecule has 4 rings (SSSR count). The van der Waals surface area contributed by atoms with Gasteiger partial charge in [0.25, 0.3) is 5.91 Å². The predicted octanol–water partition coefficient (Wildman–Crippen LogP) is 1.63. The minimum atomic E-state index is -0.728. The van der Waals surface area contributed by atoms with E-state index in [9.17, 15) is 9.90 Å². The molecule has 1 aromatic carbocycles. The molecule has 3 N–H and O–H groups in total. The fraction of sp³-hybridized carbons (Fsp3) is 0.500. The highest BCUT2D eigenvalue weighted by atomic mass is 16.5. The van der Waals surface area contributed by atoms with Crippen molar-refractivity contribution >= 4 is 16.8 Å². The Kier molecular flexibility index (Phi) is 4.42. The molecular weight excluding hydrogens is 330 g/mol. The third-order valence-corrected chi connectivity index (χ3v) is 5.75. The largest absolute Gasteiger partial charge is 0.388 e. The van der Waals surface area contributed by atoms with Crippen LogP contribution in [0, 0.1) is 0 Å². The Labute approximate surface area is 153 Å². The van der Waals surface area contributed by atoms with Gasteiger partial charge in [-0.15, -0.1) is 0 Å². The maximum absolute atomic E-state index is 12.9. The molecule has 0 saturated carbocycles. The second-order valence-corrected chi connectivity index (χ2v) is 7.72. The van der Waals surface area contributed by atoms with Crippen LogP contribution in [0.3, 0.4) is 0 Å². The van der Waals surface area contributed by atoms with E-state index in [1.54, 1.807) is 12.3 Å². The molecule has 0 bridgehead atoms. The molecule has 2 saturated heterocycles. The number of rotatable bonds is 2. The zero-order valence-corrected chi connectivity index (χ0v) is 15.0. The van der Waals surface area contributed by atoms with Gasteiger partial charge in [0, 0.05) is 23.6 Å². The molecule has 26 heavy (non-hydrogen) atoms. The highest BCUT2D eigenvalue weighted by molar-refractivity contribution is 5.98. The van der Waals surface area contributed by atoms with Crippen molar-refractivity contribution in [3.05, 3.63) is 42.1 Å². The van der Waals surface area contributed by atoms with E-state index in [0.717, 1.165) is 36.8 Å². The molecule has 2 aromatic rings. The van der Waals surface area contributed by atoms with Gasteiger partial charge in [-0.1, -0.05) is 6.07 Å². The Bertz CT molecular complexity index is 819. The van der Waals surface area contributed by atoms with E-state index in [-0.39, 0.29) is 18.1 Å². The molecular formula is C20H25N3O3. The number of carbonyl (C=O) groups excluding carboxylic acids is 1. The normalized spacial score (nSPS) is 28.2. The highest BCUT2D eigenvalue weighted by Crippen LogP contribution is 2.38. The fourth-order valence-corrected chi connectivity index (χ4v) is 4.16. The van der Waals surface area contributed by atoms with Crippen molar-refractivity contribution in [3.8, 4) is 0 Å². The maximum atomic E-state index is 12.9. The highest BCUT2D eigenvalue weighted by Gasteiger charge is 2.49. The quantitative estimate of drug-likeness (QED) is 0.763. The molecule has 0 aliphatic carbocycles. The average molecular weight is 355 g/mol. The first kappa shape index (κ1) is 17.4. The van der Waals surface area contributed by atoms with Crippen molar-refractivity contribution in [3.63, 3.8) is 0 Å². The number of nitrogens with zero attached hydrogens (tertiary/aromatic N) is 1. The van der Waals surface area contributed by atoms with Crippen molar-refractivity contribution in [1.29, 1.82) is 0 Å². The summed E-state index contributed by atoms with van der Waals surface area (Å²) >= 11 is 0. The molecule has 6 nitrogen and oxygen atoms in total. The van der Waals surface area contributed by atoms with E-state index in [1.165, 1.54) is 0 Å². The van der Waals surface area contributed by atoms with E-state index in [2.05, 4.69) is 15.6 Å². The number of piperidine rings is 1. The first-order valence-electron chi connectivity index (χ1n) is 9.20. The number of hydrogen-bond donors (Lipinski definition) is 3. The lowest BCUT2D eigenvalue weighted by Gasteiger charge is -2.50. The summed E-state index contributed by atoms with van der Waals surface area (Å²) in [6, 6.07) is 9.26. The summed E-state index contributed by atoms with van der Waals surface area (Å²) in [5, 5.41) is 17.9. The number of benzene rings is 1. The number of hydrogen-bond acceptors (Lipinski definition) is 5. The van der Waals surface area contributed by atoms with Crippen LogP contribution in [0.25, 0.3) is 10.9 Å². The summed E-state index contributed by atoms with van der Waals surface area (Å²) in [4.78, 5) is 17.2. The standard InChI is InChI=1S/C20H25N3O3/c1-19(13-20(26-12-17(19)24)6-9-21-10-7-20)23-18(25)15-4-5-16-14(11-15)3-2-8-22-16/h2-5,8,11,17,21,24H,6-7,9-10,12-13H2,1H3,(H,23,25)/t17-,19-/m0/s1. The van der Waals surface area contributed by atoms with Crippen molar-refractivity contribution < 1.29 is 14.6 Å². The smallest absolute Gasteiger partial charge is 0.251 e. The third-order valence-electron chi connectivity index (χ3n) is 5.75. The van der Waals surface area contributed by atoms with Gasteiger partial charge in [-0.3, -0.25) is 9.78 Å². The summed E-state index contributed by atoms with van der Waals surface area (Å²) in [5.41, 5.74) is 0.455. The fourth-order valence-electron chi connectivity index (χ4n) is 4.16. The lowest BCUT2D eigenvalue weighted by Crippen LogP contribution is -2.65. The van der Waals surface area contributed by atoms with Gasteiger partial charge in [0.15, 0.2) is 0 Å². The molecule has 2 aliphatic rings. The zero-order chi connectivity index (χ0) is 18.2. The van der Waals surface area contributed by atoms with E-state index in [4.69, 9.17) is 4.74 Å². The number of carbonyl (C=O) groups is 1. The molecule has 2 aliphatic heterocycles. The molecule has 1 spiro atoms. The van der Waals surface area contributed by atoms with Crippen LogP contribution in [0.5, 0.6) is 0 Å². The van der Waals surface area contributed by atoms with Gasteiger partial charge in [0.1, 0.15) is 6.10 Å². The third kappa shape index (κ3) is 3.20. The van der Waals surface area contributed by atoms with Crippen LogP contribution in [-0.2, 0) is 4.74 Å². The van der Waals surface area contributed by atoms with Gasteiger partial charge in [0.05, 0.1) is 23.3 Å². The Balaban J connectivity index is 1.55. The monoisotopic (exact) mass is 355 g/mol. The summed E-state index contributed by atoms with van der Waals surface area (Å²) in [6.45, 7) is 3.97. The predicted molar refractivity (Wildman–Crippen MR) is 99.0 cm³/mol. The summed E-state index contributed by atoms with van der Waals surface area (Å²) in [5.74, 6) is -0.178. The van der Waals surface area contributed by atoms with Crippen LogP contribution in [0.15, 0.2) is 36.5 Å². The Morgan fingerprint density at radius 2 is 2.15 bits per heavy atom. The number of pyridine rings is 1. The summed E-state index contributed by atoms with van der Waals surface area (Å²) in [6.07, 6.45) is 3.41. The van der Waals surface area contributed by atoms with Gasteiger partial charge in [-0.25, -0.2) is 0 Å². The SMILES string of the molecule is C[C@]1(NC(=O)c2ccc3ncccc3c2)CC2(CCNCC2)OC[C@@H]1O. The van der Waals surface area contributed by atoms with E-state index in [0.29, 0.717) is 12.0 Å². The van der Waals surface area contributed by atoms with E-state index in [1.807, 2.05) is 31.2 Å². The van der Waals surface area contributed by atoms with Crippen LogP contribution < -0.4 is 10.6 Å². The van der Waals surface area contributed by atoms with Gasteiger partial charge in [0.2, 0.25) is 0 Å². The number of aromatic nitrogens is 1. The van der Waals surface area contributed by atoms with Gasteiger partial charge >= 0.3 is 0 Å². The van der Waals surface area contributed by atoms with Crippen LogP contribution in [0.1, 0.15) is 36.5 Å². The van der Waals surface area contributed by atoms with Crippen molar-refractivity contribution in [2.75, 3.05) is 19.7 Å². The number of aliphatic hydroxyl groups excluding tert-OH is 1. The first-order chi connectivity index (χ1) is 12.5. The zero-order valence-electron chi connectivity index (χ0n) is 15.0. The van der Waals surface area contributed by atoms with Gasteiger partial charge < -0.3 is 20.5 Å². The lowest BCUT2D eigenvalue weighted by atomic mass is 9.75. The van der Waals surface area contributed by atoms with Gasteiger partial charge in [-0.2, -0.15) is 0 Å². The summed E-state index contributed by atoms with van der Waals surface area (Å²) in [7, 11) is 0. The summed E-state index contributed by atoms with van der Waals surface area (Å²) < 4.78 is 6.01. The molecule has 138 valence electrons. The molecule has 1 amide bonds. The number of ether oxygens (including phenoxy) is 1. The molecule has 2 atom stereocenters. The Hall–Kier alpha value is -2.02. The average Bonchev–Trinajstić information content (AvgIpc) is 2.65. The van der Waals surface area contributed by atoms with Crippen LogP contribution >= 0.6 is 0 Å². The van der Waals surface area contributed by atoms with E-state index < -0.39 is 11.6 Å². The van der Waals surface area contributed by atoms with Crippen LogP contribution in [0.4, 0.5) is 0 Å². The minimum absolute atomic E-state index is 0.178. The lowest BCUT2D eigenvalue weighted by molar-refractivity contribution is -0.169. The number of fused-ring (bicyclic) bond motifs is 1. The number of amides is 1. The second-order valence-electron chi connectivity index (χ2n) is 7.72. The van der Waals surface area contributed by atoms with Crippen molar-refractivity contribution in [1.82, 2.24) is 15.6 Å². The number of nitrogens with one attached hydrogen (secondary N) is 2. The van der Waals surface area contributed by atoms with Crippen LogP contribution in [-0.4, -0.2) is 52.9 Å². The molecule has 0 radical (unpaired) electrons. The Morgan fingerprint density at radius 1 is 1.35 bits per heavy atom. The molecule has 0 unspecified atom stereocenters. The Morgan fingerprint density at radius 3 is 2.96 bits per heavy atom. The molecule has 2 fully saturated rings. The molecule has 3 heterocycles. The molecule has 1 aromatic heterocycles. The molecule has 6 heteroatoms. The van der Waals surface area contributed by atoms with E-state index >= 15 is 0 Å². The topological polar surface area (TPSA) is 83.5 Å². The maximum Gasteiger partial charge on any atom is 0.251 e. The number of aliphatic hydroxyl groups is 1. The van der Waals surface area contributed by atoms with Gasteiger partial charge in [-0.05, 0) is 57.1 Å². The van der Waals surface area contributed by atoms with Crippen molar-refractivity contribution in [2.45, 2.75) is 43.4 Å². The van der Waals surface area contributed by atoms with Crippen molar-refractivity contribution in [2.24, 2.45) is 0 Å².